The summed E-state index contributed by atoms with van der Waals surface area (Å²) in [5.74, 6) is -0.391. The lowest BCUT2D eigenvalue weighted by atomic mass is 9.96. The topological polar surface area (TPSA) is 83.6 Å². The van der Waals surface area contributed by atoms with Gasteiger partial charge in [-0.15, -0.1) is 0 Å². The van der Waals surface area contributed by atoms with Crippen molar-refractivity contribution in [2.45, 2.75) is 38.6 Å². The zero-order chi connectivity index (χ0) is 13.0. The van der Waals surface area contributed by atoms with Crippen LogP contribution in [-0.4, -0.2) is 16.2 Å². The van der Waals surface area contributed by atoms with Crippen LogP contribution in [0.15, 0.2) is 18.2 Å². The number of aromatic hydroxyl groups is 1. The van der Waals surface area contributed by atoms with Crippen LogP contribution in [0.2, 0.25) is 0 Å². The first-order valence-corrected chi connectivity index (χ1v) is 5.72. The van der Waals surface area contributed by atoms with E-state index in [1.165, 1.54) is 0 Å². The average Bonchev–Trinajstić information content (AvgIpc) is 2.25. The second kappa shape index (κ2) is 5.68. The van der Waals surface area contributed by atoms with Gasteiger partial charge < -0.3 is 15.9 Å². The first-order chi connectivity index (χ1) is 7.91. The summed E-state index contributed by atoms with van der Waals surface area (Å²) in [6.45, 7) is 4.08. The van der Waals surface area contributed by atoms with E-state index in [-0.39, 0.29) is 12.2 Å². The quantitative estimate of drug-likeness (QED) is 0.734. The van der Waals surface area contributed by atoms with Crippen molar-refractivity contribution >= 4 is 5.97 Å². The van der Waals surface area contributed by atoms with Gasteiger partial charge >= 0.3 is 5.97 Å². The lowest BCUT2D eigenvalue weighted by Gasteiger charge is -2.14. The predicted molar refractivity (Wildman–Crippen MR) is 66.0 cm³/mol. The number of nitrogens with two attached hydrogens (primary N) is 1. The van der Waals surface area contributed by atoms with Gasteiger partial charge in [0.05, 0.1) is 0 Å². The summed E-state index contributed by atoms with van der Waals surface area (Å²) in [5.41, 5.74) is 7.49. The molecule has 0 aromatic heterocycles. The molecule has 0 fully saturated rings. The third-order valence-electron chi connectivity index (χ3n) is 2.79. The van der Waals surface area contributed by atoms with Crippen LogP contribution < -0.4 is 5.73 Å². The molecule has 0 aliphatic carbocycles. The van der Waals surface area contributed by atoms with Crippen molar-refractivity contribution in [1.29, 1.82) is 0 Å². The Labute approximate surface area is 101 Å². The normalized spacial score (nSPS) is 12.7. The van der Waals surface area contributed by atoms with Gasteiger partial charge in [-0.3, -0.25) is 4.79 Å². The van der Waals surface area contributed by atoms with Crippen molar-refractivity contribution in [2.75, 3.05) is 0 Å². The number of phenolic OH excluding ortho intramolecular Hbond substituents is 1. The maximum absolute atomic E-state index is 10.4. The molecule has 0 radical (unpaired) electrons. The molecule has 0 spiro atoms. The van der Waals surface area contributed by atoms with Crippen molar-refractivity contribution in [3.8, 4) is 5.75 Å². The molecule has 0 heterocycles. The second-order valence-corrected chi connectivity index (χ2v) is 4.51. The number of carbonyl (C=O) groups is 1. The number of carboxylic acids is 1. The molecule has 0 bridgehead atoms. The fourth-order valence-electron chi connectivity index (χ4n) is 1.67. The molecular formula is C13H19NO3. The van der Waals surface area contributed by atoms with Crippen LogP contribution in [-0.2, 0) is 4.79 Å². The highest BCUT2D eigenvalue weighted by molar-refractivity contribution is 5.66. The zero-order valence-electron chi connectivity index (χ0n) is 10.2. The molecule has 0 amide bonds. The Balaban J connectivity index is 2.80. The van der Waals surface area contributed by atoms with Gasteiger partial charge in [-0.05, 0) is 24.0 Å². The molecule has 4 heteroatoms. The fourth-order valence-corrected chi connectivity index (χ4v) is 1.67. The van der Waals surface area contributed by atoms with Gasteiger partial charge in [0.2, 0.25) is 0 Å². The van der Waals surface area contributed by atoms with Crippen LogP contribution >= 0.6 is 0 Å². The second-order valence-electron chi connectivity index (χ2n) is 4.51. The first-order valence-electron chi connectivity index (χ1n) is 5.72. The van der Waals surface area contributed by atoms with Gasteiger partial charge in [0.25, 0.3) is 0 Å². The van der Waals surface area contributed by atoms with Crippen molar-refractivity contribution in [2.24, 2.45) is 5.73 Å². The van der Waals surface area contributed by atoms with Crippen LogP contribution in [0.3, 0.4) is 0 Å². The highest BCUT2D eigenvalue weighted by atomic mass is 16.4. The number of benzene rings is 1. The smallest absolute Gasteiger partial charge is 0.303 e. The minimum atomic E-state index is -0.876. The number of phenols is 1. The summed E-state index contributed by atoms with van der Waals surface area (Å²) < 4.78 is 0. The van der Waals surface area contributed by atoms with Crippen molar-refractivity contribution < 1.29 is 15.0 Å². The summed E-state index contributed by atoms with van der Waals surface area (Å²) in [4.78, 5) is 10.4. The van der Waals surface area contributed by atoms with Crippen LogP contribution in [0.25, 0.3) is 0 Å². The number of hydrogen-bond donors (Lipinski definition) is 3. The van der Waals surface area contributed by atoms with E-state index in [0.29, 0.717) is 17.9 Å². The Hall–Kier alpha value is -1.55. The largest absolute Gasteiger partial charge is 0.508 e. The maximum atomic E-state index is 10.4. The van der Waals surface area contributed by atoms with E-state index in [1.54, 1.807) is 12.1 Å². The van der Waals surface area contributed by atoms with Gasteiger partial charge in [-0.2, -0.15) is 0 Å². The van der Waals surface area contributed by atoms with Crippen molar-refractivity contribution in [3.05, 3.63) is 29.3 Å². The Morgan fingerprint density at radius 2 is 2.06 bits per heavy atom. The molecule has 1 unspecified atom stereocenters. The lowest BCUT2D eigenvalue weighted by Crippen LogP contribution is -2.12. The Morgan fingerprint density at radius 1 is 1.41 bits per heavy atom. The molecule has 0 saturated carbocycles. The van der Waals surface area contributed by atoms with E-state index in [4.69, 9.17) is 10.8 Å². The van der Waals surface area contributed by atoms with Gasteiger partial charge in [-0.1, -0.05) is 26.0 Å². The summed E-state index contributed by atoms with van der Waals surface area (Å²) in [5, 5.41) is 18.4. The number of carboxylic acid groups (broad SMARTS) is 1. The van der Waals surface area contributed by atoms with Crippen LogP contribution in [0.5, 0.6) is 5.75 Å². The molecule has 4 N–H and O–H groups in total. The standard InChI is InChI=1S/C13H19NO3/c1-8(2)9-3-4-10(12(15)7-9)11(14)5-6-13(16)17/h3-4,7-8,11,15H,5-6,14H2,1-2H3,(H,16,17). The number of rotatable bonds is 5. The van der Waals surface area contributed by atoms with Gasteiger partial charge in [0.15, 0.2) is 0 Å². The Kier molecular flexibility index (Phi) is 4.52. The SMILES string of the molecule is CC(C)c1ccc(C(N)CCC(=O)O)c(O)c1. The number of hydrogen-bond acceptors (Lipinski definition) is 3. The molecule has 0 aliphatic heterocycles. The summed E-state index contributed by atoms with van der Waals surface area (Å²) >= 11 is 0. The fraction of sp³-hybridized carbons (Fsp3) is 0.462. The van der Waals surface area contributed by atoms with Gasteiger partial charge in [0.1, 0.15) is 5.75 Å². The Morgan fingerprint density at radius 3 is 2.53 bits per heavy atom. The predicted octanol–water partition coefficient (Wildman–Crippen LogP) is 2.38. The molecule has 4 nitrogen and oxygen atoms in total. The van der Waals surface area contributed by atoms with Gasteiger partial charge in [-0.25, -0.2) is 0 Å². The molecule has 1 atom stereocenters. The Bertz CT molecular complexity index is 402. The molecular weight excluding hydrogens is 218 g/mol. The van der Waals surface area contributed by atoms with Crippen molar-refractivity contribution in [3.63, 3.8) is 0 Å². The molecule has 94 valence electrons. The average molecular weight is 237 g/mol. The van der Waals surface area contributed by atoms with Crippen molar-refractivity contribution in [1.82, 2.24) is 0 Å². The molecule has 0 aliphatic rings. The minimum Gasteiger partial charge on any atom is -0.508 e. The maximum Gasteiger partial charge on any atom is 0.303 e. The van der Waals surface area contributed by atoms with E-state index in [0.717, 1.165) is 5.56 Å². The first kappa shape index (κ1) is 13.5. The molecule has 1 aromatic rings. The lowest BCUT2D eigenvalue weighted by molar-refractivity contribution is -0.137. The van der Waals surface area contributed by atoms with E-state index in [2.05, 4.69) is 0 Å². The monoisotopic (exact) mass is 237 g/mol. The molecule has 17 heavy (non-hydrogen) atoms. The van der Waals surface area contributed by atoms with Crippen LogP contribution in [0, 0.1) is 0 Å². The third-order valence-corrected chi connectivity index (χ3v) is 2.79. The van der Waals surface area contributed by atoms with E-state index < -0.39 is 12.0 Å². The highest BCUT2D eigenvalue weighted by Crippen LogP contribution is 2.29. The van der Waals surface area contributed by atoms with E-state index in [1.807, 2.05) is 19.9 Å². The molecule has 1 rings (SSSR count). The summed E-state index contributed by atoms with van der Waals surface area (Å²) in [6, 6.07) is 4.95. The summed E-state index contributed by atoms with van der Waals surface area (Å²) in [7, 11) is 0. The zero-order valence-corrected chi connectivity index (χ0v) is 10.2. The molecule has 1 aromatic carbocycles. The minimum absolute atomic E-state index is 0.00649. The van der Waals surface area contributed by atoms with Crippen LogP contribution in [0.1, 0.15) is 49.8 Å². The van der Waals surface area contributed by atoms with E-state index >= 15 is 0 Å². The molecule has 0 saturated heterocycles. The third kappa shape index (κ3) is 3.75. The summed E-state index contributed by atoms with van der Waals surface area (Å²) in [6.07, 6.45) is 0.330. The van der Waals surface area contributed by atoms with Gasteiger partial charge in [0, 0.05) is 18.0 Å². The van der Waals surface area contributed by atoms with E-state index in [9.17, 15) is 9.90 Å². The number of aliphatic carboxylic acids is 1. The highest BCUT2D eigenvalue weighted by Gasteiger charge is 2.13. The van der Waals surface area contributed by atoms with Crippen LogP contribution in [0.4, 0.5) is 0 Å².